The number of aliphatic hydroxyl groups excluding tert-OH is 1. The number of allylic oxidation sites excluding steroid dienone is 2. The number of hydrogen-bond donors (Lipinski definition) is 2. The van der Waals surface area contributed by atoms with Crippen LogP contribution in [0.2, 0.25) is 0 Å². The van der Waals surface area contributed by atoms with Gasteiger partial charge < -0.3 is 10.2 Å². The summed E-state index contributed by atoms with van der Waals surface area (Å²) in [5, 5.41) is 23.8. The van der Waals surface area contributed by atoms with Crippen LogP contribution in [0.25, 0.3) is 11.1 Å². The first-order valence-corrected chi connectivity index (χ1v) is 19.6. The summed E-state index contributed by atoms with van der Waals surface area (Å²) in [4.78, 5) is 14.9. The molecule has 6 nitrogen and oxygen atoms in total. The van der Waals surface area contributed by atoms with Gasteiger partial charge in [0, 0.05) is 29.6 Å². The first-order chi connectivity index (χ1) is 23.9. The second-order valence-corrected chi connectivity index (χ2v) is 16.7. The number of carbonyl (C=O) groups excluding carboxylic acids is 1. The number of rotatable bonds is 8. The Balaban J connectivity index is 1.47. The summed E-state index contributed by atoms with van der Waals surface area (Å²) in [6.07, 6.45) is 6.94. The summed E-state index contributed by atoms with van der Waals surface area (Å²) in [5.74, 6) is -0.317. The van der Waals surface area contributed by atoms with Crippen molar-refractivity contribution in [3.63, 3.8) is 0 Å². The molecule has 3 aliphatic carbocycles. The fraction of sp³-hybridized carbons (Fsp3) is 0.372. The number of aliphatic hydroxyl groups is 2. The summed E-state index contributed by atoms with van der Waals surface area (Å²) >= 11 is 0. The minimum absolute atomic E-state index is 0.0409. The van der Waals surface area contributed by atoms with E-state index in [1.165, 1.54) is 16.1 Å². The zero-order valence-electron chi connectivity index (χ0n) is 29.4. The van der Waals surface area contributed by atoms with Crippen LogP contribution in [0.1, 0.15) is 90.9 Å². The topological polar surface area (TPSA) is 94.9 Å². The van der Waals surface area contributed by atoms with Crippen LogP contribution in [0, 0.1) is 5.41 Å². The summed E-state index contributed by atoms with van der Waals surface area (Å²) in [6.45, 7) is 4.30. The lowest BCUT2D eigenvalue weighted by molar-refractivity contribution is -0.0731. The number of carbonyl (C=O) groups is 1. The SMILES string of the molecule is CC1=CCC[C@@]2(C)[C@@H](CC[C@@]2(O)CN(Cc2ccccc2)S(C)(=O)=O)c2ccc(cc2C(=O)c2ccccc2-c2ccccc2)C[C@@H](O)CC1. The van der Waals surface area contributed by atoms with Crippen molar-refractivity contribution < 1.29 is 23.4 Å². The number of ketones is 1. The van der Waals surface area contributed by atoms with E-state index in [0.717, 1.165) is 34.2 Å². The van der Waals surface area contributed by atoms with Gasteiger partial charge in [-0.1, -0.05) is 116 Å². The smallest absolute Gasteiger partial charge is 0.211 e. The lowest BCUT2D eigenvalue weighted by Gasteiger charge is -2.45. The predicted molar refractivity (Wildman–Crippen MR) is 200 cm³/mol. The van der Waals surface area contributed by atoms with E-state index in [1.54, 1.807) is 0 Å². The lowest BCUT2D eigenvalue weighted by Crippen LogP contribution is -2.53. The maximum absolute atomic E-state index is 14.9. The van der Waals surface area contributed by atoms with E-state index in [2.05, 4.69) is 19.9 Å². The van der Waals surface area contributed by atoms with Crippen LogP contribution in [0.15, 0.2) is 115 Å². The molecule has 0 saturated heterocycles. The van der Waals surface area contributed by atoms with Gasteiger partial charge in [-0.3, -0.25) is 4.79 Å². The molecular weight excluding hydrogens is 643 g/mol. The minimum atomic E-state index is -3.67. The summed E-state index contributed by atoms with van der Waals surface area (Å²) in [5.41, 5.74) is 4.65. The van der Waals surface area contributed by atoms with Gasteiger partial charge in [-0.25, -0.2) is 8.42 Å². The van der Waals surface area contributed by atoms with Crippen LogP contribution in [-0.4, -0.2) is 53.2 Å². The van der Waals surface area contributed by atoms with Gasteiger partial charge in [0.05, 0.1) is 18.0 Å². The van der Waals surface area contributed by atoms with Crippen LogP contribution in [0.5, 0.6) is 0 Å². The molecule has 1 saturated carbocycles. The molecule has 0 aromatic heterocycles. The van der Waals surface area contributed by atoms with E-state index in [9.17, 15) is 23.4 Å². The molecule has 0 aliphatic heterocycles. The number of sulfonamides is 1. The van der Waals surface area contributed by atoms with Crippen molar-refractivity contribution in [2.24, 2.45) is 5.41 Å². The predicted octanol–water partition coefficient (Wildman–Crippen LogP) is 8.08. The van der Waals surface area contributed by atoms with E-state index in [-0.39, 0.29) is 24.8 Å². The highest BCUT2D eigenvalue weighted by atomic mass is 32.2. The van der Waals surface area contributed by atoms with Crippen LogP contribution < -0.4 is 0 Å². The van der Waals surface area contributed by atoms with Crippen molar-refractivity contribution in [2.75, 3.05) is 12.8 Å². The van der Waals surface area contributed by atoms with Crippen molar-refractivity contribution in [2.45, 2.75) is 83.0 Å². The van der Waals surface area contributed by atoms with Crippen LogP contribution >= 0.6 is 0 Å². The fourth-order valence-corrected chi connectivity index (χ4v) is 9.09. The monoisotopic (exact) mass is 691 g/mol. The van der Waals surface area contributed by atoms with E-state index in [0.29, 0.717) is 49.7 Å². The molecule has 4 atom stereocenters. The maximum atomic E-state index is 14.9. The van der Waals surface area contributed by atoms with Gasteiger partial charge >= 0.3 is 0 Å². The van der Waals surface area contributed by atoms with Crippen LogP contribution in [0.4, 0.5) is 0 Å². The molecular formula is C43H49NO5S. The Kier molecular flexibility index (Phi) is 10.6. The third-order valence-electron chi connectivity index (χ3n) is 11.3. The normalized spacial score (nSPS) is 24.4. The molecule has 4 aromatic rings. The highest BCUT2D eigenvalue weighted by Gasteiger charge is 2.58. The molecule has 3 aliphatic rings. The third kappa shape index (κ3) is 7.57. The Morgan fingerprint density at radius 3 is 2.28 bits per heavy atom. The molecule has 0 unspecified atom stereocenters. The van der Waals surface area contributed by atoms with Gasteiger partial charge in [0.2, 0.25) is 10.0 Å². The van der Waals surface area contributed by atoms with E-state index < -0.39 is 27.1 Å². The van der Waals surface area contributed by atoms with Crippen LogP contribution in [0.3, 0.4) is 0 Å². The highest BCUT2D eigenvalue weighted by molar-refractivity contribution is 7.88. The highest BCUT2D eigenvalue weighted by Crippen LogP contribution is 2.59. The molecule has 0 heterocycles. The molecule has 0 spiro atoms. The molecule has 0 radical (unpaired) electrons. The van der Waals surface area contributed by atoms with Gasteiger partial charge in [-0.2, -0.15) is 4.31 Å². The molecule has 50 heavy (non-hydrogen) atoms. The Morgan fingerprint density at radius 2 is 1.56 bits per heavy atom. The van der Waals surface area contributed by atoms with Gasteiger partial charge in [0.15, 0.2) is 5.78 Å². The molecule has 4 aromatic carbocycles. The number of hydrogen-bond acceptors (Lipinski definition) is 5. The zero-order chi connectivity index (χ0) is 35.5. The molecule has 7 rings (SSSR count). The Labute approximate surface area is 297 Å². The molecule has 7 heteroatoms. The largest absolute Gasteiger partial charge is 0.393 e. The van der Waals surface area contributed by atoms with E-state index in [4.69, 9.17) is 0 Å². The first-order valence-electron chi connectivity index (χ1n) is 17.7. The van der Waals surface area contributed by atoms with Gasteiger partial charge in [-0.05, 0) is 91.7 Å². The second kappa shape index (κ2) is 14.8. The average molecular weight is 692 g/mol. The minimum Gasteiger partial charge on any atom is -0.393 e. The van der Waals surface area contributed by atoms with Crippen molar-refractivity contribution in [1.29, 1.82) is 0 Å². The Morgan fingerprint density at radius 1 is 0.880 bits per heavy atom. The summed E-state index contributed by atoms with van der Waals surface area (Å²) < 4.78 is 27.9. The number of nitrogens with zero attached hydrogens (tertiary/aromatic N) is 1. The quantitative estimate of drug-likeness (QED) is 0.144. The van der Waals surface area contributed by atoms with E-state index in [1.807, 2.05) is 103 Å². The molecule has 0 amide bonds. The number of benzene rings is 4. The maximum Gasteiger partial charge on any atom is 0.211 e. The fourth-order valence-electron chi connectivity index (χ4n) is 8.26. The zero-order valence-corrected chi connectivity index (χ0v) is 30.2. The van der Waals surface area contributed by atoms with Crippen molar-refractivity contribution in [1.82, 2.24) is 4.31 Å². The molecule has 262 valence electrons. The Bertz CT molecular complexity index is 1960. The third-order valence-corrected chi connectivity index (χ3v) is 12.5. The van der Waals surface area contributed by atoms with E-state index >= 15 is 0 Å². The first kappa shape index (κ1) is 35.9. The Hall–Kier alpha value is -3.88. The molecule has 2 N–H and O–H groups in total. The summed E-state index contributed by atoms with van der Waals surface area (Å²) in [7, 11) is -3.67. The molecule has 1 fully saturated rings. The average Bonchev–Trinajstić information content (AvgIpc) is 3.36. The van der Waals surface area contributed by atoms with Gasteiger partial charge in [0.25, 0.3) is 0 Å². The molecule has 2 bridgehead atoms. The van der Waals surface area contributed by atoms with Crippen molar-refractivity contribution in [3.8, 4) is 11.1 Å². The summed E-state index contributed by atoms with van der Waals surface area (Å²) in [6, 6.07) is 33.1. The second-order valence-electron chi connectivity index (χ2n) is 14.7. The van der Waals surface area contributed by atoms with Gasteiger partial charge in [-0.15, -0.1) is 0 Å². The number of fused-ring (bicyclic) bond motifs is 8. The standard InChI is InChI=1S/C43H49NO5S/c1-31-13-12-25-42(2)40(24-26-43(42,47)30-44(50(3,48)49)29-32-14-6-4-7-15-32)37-23-21-33(27-35(45)22-20-31)28-39(37)41(46)38-19-11-10-18-36(38)34-16-8-5-9-17-34/h4-11,13-19,21,23,28,35,40,45,47H,12,20,22,24-27,29-30H2,1-3H3/t35-,40-,42-,43+/m0/s1. The van der Waals surface area contributed by atoms with Crippen molar-refractivity contribution in [3.05, 3.63) is 143 Å². The van der Waals surface area contributed by atoms with Crippen LogP contribution in [-0.2, 0) is 23.0 Å². The lowest BCUT2D eigenvalue weighted by atomic mass is 9.64. The van der Waals surface area contributed by atoms with Gasteiger partial charge in [0.1, 0.15) is 0 Å². The van der Waals surface area contributed by atoms with Crippen molar-refractivity contribution >= 4 is 15.8 Å².